The van der Waals surface area contributed by atoms with Crippen LogP contribution >= 0.6 is 0 Å². The maximum atomic E-state index is 5.77. The molecule has 2 rings (SSSR count). The molecule has 11 heavy (non-hydrogen) atoms. The van der Waals surface area contributed by atoms with E-state index >= 15 is 0 Å². The summed E-state index contributed by atoms with van der Waals surface area (Å²) in [4.78, 5) is 3.99. The predicted octanol–water partition coefficient (Wildman–Crippen LogP) is 0.0115. The van der Waals surface area contributed by atoms with Gasteiger partial charge in [-0.05, 0) is 6.07 Å². The summed E-state index contributed by atoms with van der Waals surface area (Å²) in [5, 5.41) is 6.22. The molecule has 0 spiro atoms. The van der Waals surface area contributed by atoms with Gasteiger partial charge in [0.15, 0.2) is 0 Å². The predicted molar refractivity (Wildman–Crippen MR) is 42.8 cm³/mol. The largest absolute Gasteiger partial charge is 0.371 e. The highest BCUT2D eigenvalue weighted by Crippen LogP contribution is 2.20. The fraction of sp³-hybridized carbons (Fsp3) is 0.286. The highest BCUT2D eigenvalue weighted by atomic mass is 15.2. The Balaban J connectivity index is 2.44. The first-order valence-corrected chi connectivity index (χ1v) is 3.54. The molecule has 58 valence electrons. The summed E-state index contributed by atoms with van der Waals surface area (Å²) in [7, 11) is 0. The highest BCUT2D eigenvalue weighted by Gasteiger charge is 2.13. The molecule has 1 atom stereocenters. The number of rotatable bonds is 0. The fourth-order valence-corrected chi connectivity index (χ4v) is 1.19. The number of hydrogen-bond acceptors (Lipinski definition) is 4. The van der Waals surface area contributed by atoms with Gasteiger partial charge >= 0.3 is 0 Å². The summed E-state index contributed by atoms with van der Waals surface area (Å²) in [6, 6.07) is 1.92. The monoisotopic (exact) mass is 150 g/mol. The third-order valence-electron chi connectivity index (χ3n) is 1.79. The smallest absolute Gasteiger partial charge is 0.0844 e. The zero-order chi connectivity index (χ0) is 7.68. The van der Waals surface area contributed by atoms with E-state index in [2.05, 4.69) is 15.6 Å². The number of nitrogens with two attached hydrogens (primary N) is 1. The standard InChI is InChI=1S/C7H10N4/c8-7-5-1-2-9-3-6(5)10-4-11-7/h1-3,7,10-11H,4,8H2. The van der Waals surface area contributed by atoms with Crippen molar-refractivity contribution in [3.05, 3.63) is 24.0 Å². The van der Waals surface area contributed by atoms with Crippen LogP contribution in [0.4, 0.5) is 5.69 Å². The molecular weight excluding hydrogens is 140 g/mol. The van der Waals surface area contributed by atoms with Crippen LogP contribution in [0.3, 0.4) is 0 Å². The number of anilines is 1. The second-order valence-corrected chi connectivity index (χ2v) is 2.50. The van der Waals surface area contributed by atoms with E-state index in [4.69, 9.17) is 5.73 Å². The Kier molecular flexibility index (Phi) is 1.48. The van der Waals surface area contributed by atoms with Crippen LogP contribution in [0.5, 0.6) is 0 Å². The van der Waals surface area contributed by atoms with Gasteiger partial charge in [0.2, 0.25) is 0 Å². The number of nitrogens with zero attached hydrogens (tertiary/aromatic N) is 1. The molecule has 1 aromatic heterocycles. The molecule has 2 heterocycles. The second kappa shape index (κ2) is 2.48. The number of fused-ring (bicyclic) bond motifs is 1. The van der Waals surface area contributed by atoms with Gasteiger partial charge in [-0.15, -0.1) is 0 Å². The Morgan fingerprint density at radius 3 is 3.36 bits per heavy atom. The molecule has 0 amide bonds. The van der Waals surface area contributed by atoms with Gasteiger partial charge in [0.1, 0.15) is 0 Å². The van der Waals surface area contributed by atoms with Crippen LogP contribution in [0.25, 0.3) is 0 Å². The first-order valence-electron chi connectivity index (χ1n) is 3.54. The lowest BCUT2D eigenvalue weighted by Gasteiger charge is -2.24. The van der Waals surface area contributed by atoms with Gasteiger partial charge in [-0.3, -0.25) is 10.3 Å². The first-order chi connectivity index (χ1) is 5.38. The van der Waals surface area contributed by atoms with Gasteiger partial charge in [-0.1, -0.05) is 0 Å². The van der Waals surface area contributed by atoms with Crippen molar-refractivity contribution in [2.75, 3.05) is 12.0 Å². The van der Waals surface area contributed by atoms with Crippen LogP contribution in [-0.2, 0) is 0 Å². The fourth-order valence-electron chi connectivity index (χ4n) is 1.19. The number of hydrogen-bond donors (Lipinski definition) is 3. The Labute approximate surface area is 64.8 Å². The second-order valence-electron chi connectivity index (χ2n) is 2.50. The normalized spacial score (nSPS) is 22.1. The Morgan fingerprint density at radius 1 is 1.64 bits per heavy atom. The highest BCUT2D eigenvalue weighted by molar-refractivity contribution is 5.51. The van der Waals surface area contributed by atoms with E-state index in [1.54, 1.807) is 12.4 Å². The van der Waals surface area contributed by atoms with Gasteiger partial charge in [0.05, 0.1) is 24.7 Å². The van der Waals surface area contributed by atoms with Crippen LogP contribution < -0.4 is 16.4 Å². The minimum absolute atomic E-state index is 0.0609. The van der Waals surface area contributed by atoms with E-state index in [-0.39, 0.29) is 6.17 Å². The molecule has 0 aromatic carbocycles. The molecule has 0 radical (unpaired) electrons. The van der Waals surface area contributed by atoms with Crippen LogP contribution in [0, 0.1) is 0 Å². The van der Waals surface area contributed by atoms with Gasteiger partial charge in [0, 0.05) is 11.8 Å². The lowest BCUT2D eigenvalue weighted by molar-refractivity contribution is 0.559. The van der Waals surface area contributed by atoms with E-state index in [0.29, 0.717) is 6.67 Å². The van der Waals surface area contributed by atoms with Crippen LogP contribution in [-0.4, -0.2) is 11.7 Å². The van der Waals surface area contributed by atoms with Gasteiger partial charge < -0.3 is 11.1 Å². The zero-order valence-electron chi connectivity index (χ0n) is 6.04. The minimum Gasteiger partial charge on any atom is -0.371 e. The van der Waals surface area contributed by atoms with Crippen molar-refractivity contribution in [2.45, 2.75) is 6.17 Å². The van der Waals surface area contributed by atoms with E-state index in [0.717, 1.165) is 11.3 Å². The minimum atomic E-state index is -0.0609. The van der Waals surface area contributed by atoms with Crippen molar-refractivity contribution in [2.24, 2.45) is 5.73 Å². The van der Waals surface area contributed by atoms with Gasteiger partial charge in [-0.2, -0.15) is 0 Å². The molecule has 4 N–H and O–H groups in total. The third kappa shape index (κ3) is 1.06. The number of aromatic nitrogens is 1. The molecule has 1 aliphatic heterocycles. The van der Waals surface area contributed by atoms with Crippen LogP contribution in [0.15, 0.2) is 18.5 Å². The quantitative estimate of drug-likeness (QED) is 0.487. The summed E-state index contributed by atoms with van der Waals surface area (Å²) < 4.78 is 0. The first kappa shape index (κ1) is 6.57. The molecule has 1 aliphatic rings. The number of nitrogens with one attached hydrogen (secondary N) is 2. The van der Waals surface area contributed by atoms with Crippen molar-refractivity contribution in [1.82, 2.24) is 10.3 Å². The van der Waals surface area contributed by atoms with Crippen LogP contribution in [0.1, 0.15) is 11.7 Å². The summed E-state index contributed by atoms with van der Waals surface area (Å²) in [5.41, 5.74) is 7.87. The van der Waals surface area contributed by atoms with Crippen molar-refractivity contribution in [3.63, 3.8) is 0 Å². The van der Waals surface area contributed by atoms with Crippen molar-refractivity contribution in [3.8, 4) is 0 Å². The summed E-state index contributed by atoms with van der Waals surface area (Å²) >= 11 is 0. The lowest BCUT2D eigenvalue weighted by Crippen LogP contribution is -2.37. The van der Waals surface area contributed by atoms with E-state index in [1.165, 1.54) is 0 Å². The topological polar surface area (TPSA) is 63.0 Å². The molecule has 1 unspecified atom stereocenters. The molecule has 0 saturated carbocycles. The van der Waals surface area contributed by atoms with Crippen molar-refractivity contribution in [1.29, 1.82) is 0 Å². The molecule has 1 aromatic rings. The third-order valence-corrected chi connectivity index (χ3v) is 1.79. The average Bonchev–Trinajstić information content (AvgIpc) is 2.06. The maximum absolute atomic E-state index is 5.77. The summed E-state index contributed by atoms with van der Waals surface area (Å²) in [6.45, 7) is 0.708. The SMILES string of the molecule is NC1NCNc2cnccc21. The maximum Gasteiger partial charge on any atom is 0.0844 e. The molecule has 0 saturated heterocycles. The molecule has 0 fully saturated rings. The van der Waals surface area contributed by atoms with Crippen molar-refractivity contribution >= 4 is 5.69 Å². The molecule has 0 bridgehead atoms. The van der Waals surface area contributed by atoms with E-state index in [1.807, 2.05) is 6.07 Å². The summed E-state index contributed by atoms with van der Waals surface area (Å²) in [6.07, 6.45) is 3.47. The van der Waals surface area contributed by atoms with Gasteiger partial charge in [-0.25, -0.2) is 0 Å². The van der Waals surface area contributed by atoms with E-state index in [9.17, 15) is 0 Å². The molecule has 4 heteroatoms. The molecular formula is C7H10N4. The number of pyridine rings is 1. The van der Waals surface area contributed by atoms with Crippen molar-refractivity contribution < 1.29 is 0 Å². The Morgan fingerprint density at radius 2 is 2.55 bits per heavy atom. The summed E-state index contributed by atoms with van der Waals surface area (Å²) in [5.74, 6) is 0. The zero-order valence-corrected chi connectivity index (χ0v) is 6.04. The Hall–Kier alpha value is -1.13. The molecule has 0 aliphatic carbocycles. The van der Waals surface area contributed by atoms with E-state index < -0.39 is 0 Å². The average molecular weight is 150 g/mol. The molecule has 4 nitrogen and oxygen atoms in total. The van der Waals surface area contributed by atoms with Gasteiger partial charge in [0.25, 0.3) is 0 Å². The lowest BCUT2D eigenvalue weighted by atomic mass is 10.1. The Bertz CT molecular complexity index is 260. The van der Waals surface area contributed by atoms with Crippen LogP contribution in [0.2, 0.25) is 0 Å².